The lowest BCUT2D eigenvalue weighted by molar-refractivity contribution is -0.139. The minimum Gasteiger partial charge on any atom is -0.462 e. The number of aromatic nitrogens is 2. The zero-order valence-corrected chi connectivity index (χ0v) is 23.1. The molecule has 6 nitrogen and oxygen atoms in total. The molecule has 0 saturated heterocycles. The van der Waals surface area contributed by atoms with Crippen LogP contribution in [0.5, 0.6) is 0 Å². The molecule has 2 heterocycles. The monoisotopic (exact) mass is 531 g/mol. The van der Waals surface area contributed by atoms with Gasteiger partial charge in [-0.3, -0.25) is 9.20 Å². The smallest absolute Gasteiger partial charge is 0.333 e. The van der Waals surface area contributed by atoms with Crippen molar-refractivity contribution in [2.45, 2.75) is 39.5 Å². The predicted molar refractivity (Wildman–Crippen MR) is 165 cm³/mol. The van der Waals surface area contributed by atoms with Crippen LogP contribution in [0.15, 0.2) is 83.7 Å². The van der Waals surface area contributed by atoms with Crippen molar-refractivity contribution in [3.63, 3.8) is 0 Å². The van der Waals surface area contributed by atoms with E-state index in [4.69, 9.17) is 9.72 Å². The van der Waals surface area contributed by atoms with E-state index in [0.717, 1.165) is 82.4 Å². The van der Waals surface area contributed by atoms with Gasteiger partial charge >= 0.3 is 5.97 Å². The van der Waals surface area contributed by atoms with Crippen LogP contribution in [0, 0.1) is 0 Å². The summed E-state index contributed by atoms with van der Waals surface area (Å²) in [7, 11) is 0. The maximum atomic E-state index is 14.0. The second-order valence-electron chi connectivity index (χ2n) is 10.6. The van der Waals surface area contributed by atoms with E-state index in [-0.39, 0.29) is 11.5 Å². The molecule has 0 bridgehead atoms. The third kappa shape index (κ3) is 4.34. The van der Waals surface area contributed by atoms with Gasteiger partial charge in [0.15, 0.2) is 0 Å². The maximum absolute atomic E-state index is 14.0. The Balaban J connectivity index is 1.41. The summed E-state index contributed by atoms with van der Waals surface area (Å²) in [6.07, 6.45) is 3.77. The van der Waals surface area contributed by atoms with Crippen LogP contribution in [0.3, 0.4) is 0 Å². The Bertz CT molecular complexity index is 1950. The highest BCUT2D eigenvalue weighted by Gasteiger charge is 2.19. The van der Waals surface area contributed by atoms with Crippen molar-refractivity contribution >= 4 is 60.7 Å². The van der Waals surface area contributed by atoms with E-state index in [1.807, 2.05) is 36.4 Å². The molecule has 6 rings (SSSR count). The fourth-order valence-corrected chi connectivity index (χ4v) is 5.89. The number of unbranched alkanes of at least 4 members (excludes halogenated alkanes) is 2. The van der Waals surface area contributed by atoms with Gasteiger partial charge in [0.2, 0.25) is 0 Å². The SMILES string of the molecule is C=C(C)C(=O)OCCCCCN(CCC)c1ccc2c3c1cccc3c(=O)n1c3cccc4cccc(nc21)c43. The quantitative estimate of drug-likeness (QED) is 0.0612. The summed E-state index contributed by atoms with van der Waals surface area (Å²) in [6, 6.07) is 22.6. The van der Waals surface area contributed by atoms with Crippen LogP contribution in [-0.2, 0) is 9.53 Å². The number of carbonyl (C=O) groups excluding carboxylic acids is 1. The van der Waals surface area contributed by atoms with E-state index in [1.165, 1.54) is 0 Å². The summed E-state index contributed by atoms with van der Waals surface area (Å²) < 4.78 is 7.03. The maximum Gasteiger partial charge on any atom is 0.333 e. The Labute approximate surface area is 232 Å². The van der Waals surface area contributed by atoms with Crippen LogP contribution in [-0.4, -0.2) is 35.1 Å². The third-order valence-electron chi connectivity index (χ3n) is 7.72. The van der Waals surface area contributed by atoms with E-state index in [1.54, 1.807) is 11.3 Å². The molecule has 0 spiro atoms. The molecule has 0 radical (unpaired) electrons. The number of carbonyl (C=O) groups is 1. The second-order valence-corrected chi connectivity index (χ2v) is 10.6. The standard InChI is InChI=1S/C34H33N3O3/c1-4-19-36(20-6-5-7-21-40-34(39)22(2)3)28-18-17-25-31-24(28)13-10-14-26(31)33(38)37-29-16-9-12-23-11-8-15-27(30(23)29)35-32(25)37/h8-18H,2,4-7,19-21H2,1,3H3. The van der Waals surface area contributed by atoms with Gasteiger partial charge in [0.1, 0.15) is 5.65 Å². The van der Waals surface area contributed by atoms with Gasteiger partial charge in [0.25, 0.3) is 5.56 Å². The molecule has 0 fully saturated rings. The number of nitrogens with zero attached hydrogens (tertiary/aromatic N) is 3. The molecule has 2 aromatic heterocycles. The number of benzene rings is 4. The molecule has 4 aromatic carbocycles. The largest absolute Gasteiger partial charge is 0.462 e. The number of pyridine rings is 1. The first-order valence-electron chi connectivity index (χ1n) is 14.1. The Morgan fingerprint density at radius 1 is 0.900 bits per heavy atom. The van der Waals surface area contributed by atoms with Gasteiger partial charge < -0.3 is 9.64 Å². The molecule has 202 valence electrons. The highest BCUT2D eigenvalue weighted by molar-refractivity contribution is 6.19. The van der Waals surface area contributed by atoms with Crippen LogP contribution in [0.4, 0.5) is 5.69 Å². The lowest BCUT2D eigenvalue weighted by atomic mass is 9.99. The van der Waals surface area contributed by atoms with Gasteiger partial charge in [-0.1, -0.05) is 49.9 Å². The fraction of sp³-hybridized carbons (Fsp3) is 0.265. The Hall–Kier alpha value is -4.45. The molecule has 6 heteroatoms. The molecular weight excluding hydrogens is 498 g/mol. The fourth-order valence-electron chi connectivity index (χ4n) is 5.89. The lowest BCUT2D eigenvalue weighted by Crippen LogP contribution is -2.26. The Morgan fingerprint density at radius 3 is 2.48 bits per heavy atom. The van der Waals surface area contributed by atoms with E-state index >= 15 is 0 Å². The van der Waals surface area contributed by atoms with E-state index in [2.05, 4.69) is 48.7 Å². The van der Waals surface area contributed by atoms with Crippen molar-refractivity contribution in [3.05, 3.63) is 89.2 Å². The van der Waals surface area contributed by atoms with Crippen molar-refractivity contribution in [2.24, 2.45) is 0 Å². The zero-order valence-electron chi connectivity index (χ0n) is 23.1. The van der Waals surface area contributed by atoms with Crippen LogP contribution in [0.1, 0.15) is 39.5 Å². The molecule has 0 aliphatic rings. The topological polar surface area (TPSA) is 63.9 Å². The highest BCUT2D eigenvalue weighted by Crippen LogP contribution is 2.36. The number of anilines is 1. The first-order chi connectivity index (χ1) is 19.5. The number of ether oxygens (including phenoxy) is 1. The molecule has 0 aliphatic heterocycles. The van der Waals surface area contributed by atoms with Crippen LogP contribution in [0.25, 0.3) is 49.0 Å². The lowest BCUT2D eigenvalue weighted by Gasteiger charge is -2.27. The predicted octanol–water partition coefficient (Wildman–Crippen LogP) is 7.25. The average molecular weight is 532 g/mol. The summed E-state index contributed by atoms with van der Waals surface area (Å²) in [5.41, 5.74) is 4.00. The van der Waals surface area contributed by atoms with E-state index < -0.39 is 0 Å². The van der Waals surface area contributed by atoms with Crippen molar-refractivity contribution in [1.29, 1.82) is 0 Å². The number of esters is 1. The van der Waals surface area contributed by atoms with Crippen molar-refractivity contribution in [3.8, 4) is 0 Å². The summed E-state index contributed by atoms with van der Waals surface area (Å²) in [4.78, 5) is 33.1. The van der Waals surface area contributed by atoms with Crippen LogP contribution < -0.4 is 10.5 Å². The average Bonchev–Trinajstić information content (AvgIpc) is 2.96. The molecule has 0 saturated carbocycles. The first-order valence-corrected chi connectivity index (χ1v) is 14.1. The van der Waals surface area contributed by atoms with Gasteiger partial charge in [0, 0.05) is 51.3 Å². The Kier molecular flexibility index (Phi) is 6.84. The van der Waals surface area contributed by atoms with E-state index in [0.29, 0.717) is 23.2 Å². The summed E-state index contributed by atoms with van der Waals surface area (Å²) >= 11 is 0. The number of hydrogen-bond donors (Lipinski definition) is 0. The first kappa shape index (κ1) is 25.8. The molecule has 0 unspecified atom stereocenters. The molecule has 0 atom stereocenters. The van der Waals surface area contributed by atoms with Crippen molar-refractivity contribution in [2.75, 3.05) is 24.6 Å². The van der Waals surface area contributed by atoms with Crippen LogP contribution in [0.2, 0.25) is 0 Å². The molecule has 40 heavy (non-hydrogen) atoms. The van der Waals surface area contributed by atoms with Gasteiger partial charge in [-0.2, -0.15) is 0 Å². The van der Waals surface area contributed by atoms with Gasteiger partial charge in [0.05, 0.1) is 17.6 Å². The highest BCUT2D eigenvalue weighted by atomic mass is 16.5. The number of rotatable bonds is 10. The van der Waals surface area contributed by atoms with Crippen molar-refractivity contribution in [1.82, 2.24) is 9.38 Å². The van der Waals surface area contributed by atoms with Crippen molar-refractivity contribution < 1.29 is 9.53 Å². The minimum atomic E-state index is -0.327. The van der Waals surface area contributed by atoms with Gasteiger partial charge in [-0.05, 0) is 68.3 Å². The van der Waals surface area contributed by atoms with Crippen LogP contribution >= 0.6 is 0 Å². The molecule has 6 aromatic rings. The Morgan fingerprint density at radius 2 is 1.68 bits per heavy atom. The molecule has 0 aliphatic carbocycles. The molecular formula is C34H33N3O3. The summed E-state index contributed by atoms with van der Waals surface area (Å²) in [5, 5.41) is 5.83. The number of hydrogen-bond acceptors (Lipinski definition) is 5. The minimum absolute atomic E-state index is 0.0395. The summed E-state index contributed by atoms with van der Waals surface area (Å²) in [5.74, 6) is -0.327. The molecule has 0 amide bonds. The third-order valence-corrected chi connectivity index (χ3v) is 7.72. The molecule has 0 N–H and O–H groups in total. The zero-order chi connectivity index (χ0) is 27.8. The number of fused-ring (bicyclic) bond motifs is 3. The van der Waals surface area contributed by atoms with Gasteiger partial charge in [-0.15, -0.1) is 0 Å². The second kappa shape index (κ2) is 10.6. The van der Waals surface area contributed by atoms with Gasteiger partial charge in [-0.25, -0.2) is 9.78 Å². The normalized spacial score (nSPS) is 11.8. The van der Waals surface area contributed by atoms with E-state index in [9.17, 15) is 9.59 Å². The summed E-state index contributed by atoms with van der Waals surface area (Å²) in [6.45, 7) is 9.69.